The summed E-state index contributed by atoms with van der Waals surface area (Å²) >= 11 is 0. The van der Waals surface area contributed by atoms with Gasteiger partial charge in [0.2, 0.25) is 0 Å². The molecular weight excluding hydrogens is 242 g/mol. The third-order valence-corrected chi connectivity index (χ3v) is 4.06. The average Bonchev–Trinajstić information content (AvgIpc) is 2.23. The van der Waals surface area contributed by atoms with Crippen LogP contribution in [0.25, 0.3) is 0 Å². The molecular formula is C11H23NO4S. The maximum atomic E-state index is 11.5. The summed E-state index contributed by atoms with van der Waals surface area (Å²) in [4.78, 5) is 11.0. The highest BCUT2D eigenvalue weighted by Crippen LogP contribution is 2.04. The van der Waals surface area contributed by atoms with E-state index in [1.165, 1.54) is 0 Å². The number of carbonyl (C=O) groups excluding carboxylic acids is 1. The van der Waals surface area contributed by atoms with Crippen LogP contribution in [0.4, 0.5) is 0 Å². The molecule has 102 valence electrons. The molecule has 0 heterocycles. The molecule has 5 nitrogen and oxygen atoms in total. The van der Waals surface area contributed by atoms with Crippen molar-refractivity contribution < 1.29 is 17.9 Å². The van der Waals surface area contributed by atoms with Crippen LogP contribution in [0.15, 0.2) is 0 Å². The quantitative estimate of drug-likeness (QED) is 0.492. The van der Waals surface area contributed by atoms with Crippen LogP contribution < -0.4 is 5.32 Å². The fraction of sp³-hybridized carbons (Fsp3) is 0.909. The summed E-state index contributed by atoms with van der Waals surface area (Å²) < 4.78 is 27.6. The predicted molar refractivity (Wildman–Crippen MR) is 67.7 cm³/mol. The third kappa shape index (κ3) is 9.12. The van der Waals surface area contributed by atoms with Crippen LogP contribution in [0, 0.1) is 0 Å². The molecule has 6 heteroatoms. The van der Waals surface area contributed by atoms with E-state index in [-0.39, 0.29) is 12.4 Å². The van der Waals surface area contributed by atoms with Gasteiger partial charge in [-0.1, -0.05) is 6.42 Å². The Morgan fingerprint density at radius 1 is 1.35 bits per heavy atom. The van der Waals surface area contributed by atoms with Gasteiger partial charge in [0, 0.05) is 6.04 Å². The fourth-order valence-electron chi connectivity index (χ4n) is 1.37. The topological polar surface area (TPSA) is 72.5 Å². The average molecular weight is 265 g/mol. The second-order valence-corrected chi connectivity index (χ2v) is 6.27. The summed E-state index contributed by atoms with van der Waals surface area (Å²) in [6, 6.07) is 0.391. The molecule has 0 aromatic carbocycles. The summed E-state index contributed by atoms with van der Waals surface area (Å²) in [6.07, 6.45) is 2.36. The minimum Gasteiger partial charge on any atom is -0.465 e. The SMILES string of the molecule is CCOC(=O)CS(=O)(=O)CCCCC(C)NC. The van der Waals surface area contributed by atoms with E-state index >= 15 is 0 Å². The summed E-state index contributed by atoms with van der Waals surface area (Å²) in [6.45, 7) is 3.92. The largest absolute Gasteiger partial charge is 0.465 e. The maximum absolute atomic E-state index is 11.5. The Morgan fingerprint density at radius 3 is 2.53 bits per heavy atom. The molecule has 0 bridgehead atoms. The molecule has 0 aromatic rings. The highest BCUT2D eigenvalue weighted by Gasteiger charge is 2.17. The number of carbonyl (C=O) groups is 1. The van der Waals surface area contributed by atoms with E-state index in [1.807, 2.05) is 14.0 Å². The lowest BCUT2D eigenvalue weighted by Crippen LogP contribution is -2.22. The lowest BCUT2D eigenvalue weighted by molar-refractivity contribution is -0.139. The van der Waals surface area contributed by atoms with Crippen LogP contribution >= 0.6 is 0 Å². The Kier molecular flexibility index (Phi) is 8.16. The smallest absolute Gasteiger partial charge is 0.321 e. The Bertz CT molecular complexity index is 313. The Hall–Kier alpha value is -0.620. The summed E-state index contributed by atoms with van der Waals surface area (Å²) in [7, 11) is -1.43. The molecule has 0 saturated carbocycles. The van der Waals surface area contributed by atoms with Gasteiger partial charge in [0.25, 0.3) is 0 Å². The number of hydrogen-bond donors (Lipinski definition) is 1. The van der Waals surface area contributed by atoms with Gasteiger partial charge in [0.15, 0.2) is 9.84 Å². The molecule has 17 heavy (non-hydrogen) atoms. The van der Waals surface area contributed by atoms with Gasteiger partial charge in [0.1, 0.15) is 5.75 Å². The third-order valence-electron chi connectivity index (χ3n) is 2.48. The number of ether oxygens (including phenoxy) is 1. The molecule has 0 aliphatic rings. The van der Waals surface area contributed by atoms with Crippen molar-refractivity contribution in [1.29, 1.82) is 0 Å². The maximum Gasteiger partial charge on any atom is 0.321 e. The van der Waals surface area contributed by atoms with Gasteiger partial charge in [-0.05, 0) is 33.7 Å². The van der Waals surface area contributed by atoms with Crippen LogP contribution in [0.1, 0.15) is 33.1 Å². The van der Waals surface area contributed by atoms with Crippen molar-refractivity contribution in [2.45, 2.75) is 39.2 Å². The van der Waals surface area contributed by atoms with Gasteiger partial charge in [-0.15, -0.1) is 0 Å². The van der Waals surface area contributed by atoms with Crippen molar-refractivity contribution in [2.75, 3.05) is 25.2 Å². The van der Waals surface area contributed by atoms with E-state index in [0.29, 0.717) is 12.5 Å². The van der Waals surface area contributed by atoms with E-state index in [0.717, 1.165) is 12.8 Å². The molecule has 0 radical (unpaired) electrons. The van der Waals surface area contributed by atoms with Crippen molar-refractivity contribution in [3.63, 3.8) is 0 Å². The first-order valence-electron chi connectivity index (χ1n) is 5.94. The van der Waals surface area contributed by atoms with Crippen molar-refractivity contribution >= 4 is 15.8 Å². The highest BCUT2D eigenvalue weighted by atomic mass is 32.2. The van der Waals surface area contributed by atoms with Gasteiger partial charge in [-0.3, -0.25) is 4.79 Å². The minimum atomic E-state index is -3.30. The molecule has 0 spiro atoms. The second-order valence-electron chi connectivity index (χ2n) is 4.08. The van der Waals surface area contributed by atoms with E-state index in [4.69, 9.17) is 0 Å². The van der Waals surface area contributed by atoms with E-state index in [1.54, 1.807) is 6.92 Å². The zero-order chi connectivity index (χ0) is 13.3. The second kappa shape index (κ2) is 8.47. The van der Waals surface area contributed by atoms with E-state index in [2.05, 4.69) is 10.1 Å². The minimum absolute atomic E-state index is 0.0578. The standard InChI is InChI=1S/C11H23NO4S/c1-4-16-11(13)9-17(14,15)8-6-5-7-10(2)12-3/h10,12H,4-9H2,1-3H3. The van der Waals surface area contributed by atoms with Crippen molar-refractivity contribution in [3.8, 4) is 0 Å². The molecule has 1 N–H and O–H groups in total. The van der Waals surface area contributed by atoms with Gasteiger partial charge < -0.3 is 10.1 Å². The van der Waals surface area contributed by atoms with Gasteiger partial charge in [-0.2, -0.15) is 0 Å². The van der Waals surface area contributed by atoms with Crippen LogP contribution in [0.3, 0.4) is 0 Å². The fourth-order valence-corrected chi connectivity index (χ4v) is 2.60. The van der Waals surface area contributed by atoms with E-state index in [9.17, 15) is 13.2 Å². The van der Waals surface area contributed by atoms with Gasteiger partial charge >= 0.3 is 5.97 Å². The van der Waals surface area contributed by atoms with Crippen molar-refractivity contribution in [2.24, 2.45) is 0 Å². The molecule has 0 aliphatic carbocycles. The molecule has 0 aromatic heterocycles. The van der Waals surface area contributed by atoms with Gasteiger partial charge in [0.05, 0.1) is 12.4 Å². The predicted octanol–water partition coefficient (Wildman–Crippen LogP) is 0.742. The summed E-state index contributed by atoms with van der Waals surface area (Å²) in [5.41, 5.74) is 0. The van der Waals surface area contributed by atoms with Crippen LogP contribution in [-0.4, -0.2) is 45.6 Å². The Morgan fingerprint density at radius 2 is 2.00 bits per heavy atom. The number of esters is 1. The number of sulfone groups is 1. The van der Waals surface area contributed by atoms with E-state index < -0.39 is 21.6 Å². The number of hydrogen-bond acceptors (Lipinski definition) is 5. The number of nitrogens with one attached hydrogen (secondary N) is 1. The normalized spacial score (nSPS) is 13.4. The molecule has 0 rings (SSSR count). The molecule has 0 aliphatic heterocycles. The molecule has 0 saturated heterocycles. The monoisotopic (exact) mass is 265 g/mol. The van der Waals surface area contributed by atoms with Crippen LogP contribution in [-0.2, 0) is 19.4 Å². The van der Waals surface area contributed by atoms with Crippen LogP contribution in [0.2, 0.25) is 0 Å². The molecule has 1 atom stereocenters. The lowest BCUT2D eigenvalue weighted by atomic mass is 10.1. The molecule has 1 unspecified atom stereocenters. The summed E-state index contributed by atoms with van der Waals surface area (Å²) in [5.74, 6) is -1.10. The first kappa shape index (κ1) is 16.4. The Balaban J connectivity index is 3.83. The summed E-state index contributed by atoms with van der Waals surface area (Å²) in [5, 5.41) is 3.09. The van der Waals surface area contributed by atoms with Crippen molar-refractivity contribution in [3.05, 3.63) is 0 Å². The number of rotatable bonds is 9. The first-order valence-corrected chi connectivity index (χ1v) is 7.76. The highest BCUT2D eigenvalue weighted by molar-refractivity contribution is 7.92. The van der Waals surface area contributed by atoms with Crippen LogP contribution in [0.5, 0.6) is 0 Å². The van der Waals surface area contributed by atoms with Gasteiger partial charge in [-0.25, -0.2) is 8.42 Å². The first-order chi connectivity index (χ1) is 7.91. The molecule has 0 fully saturated rings. The number of unbranched alkanes of at least 4 members (excludes halogenated alkanes) is 1. The zero-order valence-corrected chi connectivity index (χ0v) is 11.7. The Labute approximate surface area is 104 Å². The zero-order valence-electron chi connectivity index (χ0n) is 10.9. The molecule has 0 amide bonds. The van der Waals surface area contributed by atoms with Crippen molar-refractivity contribution in [1.82, 2.24) is 5.32 Å². The lowest BCUT2D eigenvalue weighted by Gasteiger charge is -2.09.